The third-order valence-electron chi connectivity index (χ3n) is 4.75. The van der Waals surface area contributed by atoms with E-state index in [0.29, 0.717) is 23.4 Å². The van der Waals surface area contributed by atoms with Crippen molar-refractivity contribution >= 4 is 46.4 Å². The molecule has 0 saturated carbocycles. The van der Waals surface area contributed by atoms with Crippen molar-refractivity contribution in [3.05, 3.63) is 41.7 Å². The summed E-state index contributed by atoms with van der Waals surface area (Å²) in [5, 5.41) is 11.6. The molecule has 0 aliphatic heterocycles. The van der Waals surface area contributed by atoms with E-state index in [0.717, 1.165) is 5.69 Å². The lowest BCUT2D eigenvalue weighted by molar-refractivity contribution is -0.139. The maximum atomic E-state index is 12.4. The Bertz CT molecular complexity index is 1200. The van der Waals surface area contributed by atoms with Gasteiger partial charge in [0, 0.05) is 24.7 Å². The van der Waals surface area contributed by atoms with Gasteiger partial charge >= 0.3 is 5.97 Å². The topological polar surface area (TPSA) is 216 Å². The quantitative estimate of drug-likeness (QED) is 0.282. The number of rotatable bonds is 9. The largest absolute Gasteiger partial charge is 0.480 e. The second-order valence-corrected chi connectivity index (χ2v) is 7.27. The van der Waals surface area contributed by atoms with Gasteiger partial charge in [-0.2, -0.15) is 9.97 Å². The molecule has 8 N–H and O–H groups in total. The standard InChI is InChI=1S/C20H23N9O4/c1-29(9-11-8-24-17-15(25-11)16(22)27-20(23)28-17)12-4-2-10(3-5-12)18(31)26-13(19(32)33)6-7-14(21)30/h2-5,8,13H,6-7,9H2,1H3,(H2,21,30)(H,26,31)(H,32,33)(H4,22,23,24,27,28). The molecule has 1 aromatic carbocycles. The fourth-order valence-corrected chi connectivity index (χ4v) is 3.05. The van der Waals surface area contributed by atoms with Crippen molar-refractivity contribution in [1.29, 1.82) is 0 Å². The van der Waals surface area contributed by atoms with E-state index in [1.54, 1.807) is 30.5 Å². The first-order valence-corrected chi connectivity index (χ1v) is 9.82. The first kappa shape index (κ1) is 23.1. The average molecular weight is 453 g/mol. The zero-order chi connectivity index (χ0) is 24.1. The lowest BCUT2D eigenvalue weighted by Crippen LogP contribution is -2.41. The van der Waals surface area contributed by atoms with Crippen molar-refractivity contribution in [2.24, 2.45) is 5.73 Å². The average Bonchev–Trinajstić information content (AvgIpc) is 2.76. The fraction of sp³-hybridized carbons (Fsp3) is 0.250. The Labute approximate surface area is 188 Å². The number of carbonyl (C=O) groups is 3. The lowest BCUT2D eigenvalue weighted by Gasteiger charge is -2.19. The molecule has 172 valence electrons. The molecule has 13 heteroatoms. The number of carboxylic acids is 1. The summed E-state index contributed by atoms with van der Waals surface area (Å²) in [7, 11) is 1.83. The minimum absolute atomic E-state index is 0.0193. The molecule has 1 atom stereocenters. The molecule has 3 rings (SSSR count). The minimum Gasteiger partial charge on any atom is -0.480 e. The first-order chi connectivity index (χ1) is 15.6. The van der Waals surface area contributed by atoms with E-state index in [-0.39, 0.29) is 30.2 Å². The summed E-state index contributed by atoms with van der Waals surface area (Å²) in [4.78, 5) is 53.0. The predicted molar refractivity (Wildman–Crippen MR) is 120 cm³/mol. The van der Waals surface area contributed by atoms with Crippen LogP contribution in [-0.2, 0) is 16.1 Å². The van der Waals surface area contributed by atoms with Gasteiger partial charge in [0.2, 0.25) is 11.9 Å². The summed E-state index contributed by atoms with van der Waals surface area (Å²) in [5.74, 6) is -2.30. The molecule has 13 nitrogen and oxygen atoms in total. The van der Waals surface area contributed by atoms with Crippen LogP contribution in [0.1, 0.15) is 28.9 Å². The molecular weight excluding hydrogens is 430 g/mol. The predicted octanol–water partition coefficient (Wildman–Crippen LogP) is -0.331. The summed E-state index contributed by atoms with van der Waals surface area (Å²) in [6.45, 7) is 0.381. The van der Waals surface area contributed by atoms with E-state index in [1.165, 1.54) is 0 Å². The van der Waals surface area contributed by atoms with Gasteiger partial charge in [0.1, 0.15) is 6.04 Å². The highest BCUT2D eigenvalue weighted by Gasteiger charge is 2.21. The Kier molecular flexibility index (Phi) is 6.81. The van der Waals surface area contributed by atoms with Crippen molar-refractivity contribution in [2.75, 3.05) is 23.4 Å². The molecule has 2 aromatic heterocycles. The van der Waals surface area contributed by atoms with Gasteiger partial charge in [-0.1, -0.05) is 0 Å². The van der Waals surface area contributed by atoms with Crippen LogP contribution >= 0.6 is 0 Å². The van der Waals surface area contributed by atoms with Gasteiger partial charge in [0.05, 0.1) is 18.4 Å². The molecule has 0 aliphatic rings. The third kappa shape index (κ3) is 5.78. The van der Waals surface area contributed by atoms with Crippen molar-refractivity contribution in [3.63, 3.8) is 0 Å². The van der Waals surface area contributed by atoms with Crippen molar-refractivity contribution < 1.29 is 19.5 Å². The van der Waals surface area contributed by atoms with E-state index >= 15 is 0 Å². The molecule has 0 bridgehead atoms. The lowest BCUT2D eigenvalue weighted by atomic mass is 10.1. The second kappa shape index (κ2) is 9.72. The fourth-order valence-electron chi connectivity index (χ4n) is 3.05. The van der Waals surface area contributed by atoms with Crippen LogP contribution in [0.3, 0.4) is 0 Å². The number of nitrogens with two attached hydrogens (primary N) is 3. The van der Waals surface area contributed by atoms with E-state index < -0.39 is 23.8 Å². The second-order valence-electron chi connectivity index (χ2n) is 7.27. The van der Waals surface area contributed by atoms with Gasteiger partial charge in [0.15, 0.2) is 17.0 Å². The van der Waals surface area contributed by atoms with Crippen LogP contribution < -0.4 is 27.4 Å². The van der Waals surface area contributed by atoms with Crippen molar-refractivity contribution in [3.8, 4) is 0 Å². The first-order valence-electron chi connectivity index (χ1n) is 9.82. The molecule has 2 amide bonds. The number of carbonyl (C=O) groups excluding carboxylic acids is 2. The van der Waals surface area contributed by atoms with Gasteiger partial charge in [-0.05, 0) is 30.7 Å². The summed E-state index contributed by atoms with van der Waals surface area (Å²) in [6, 6.07) is 5.33. The number of amides is 2. The van der Waals surface area contributed by atoms with Crippen LogP contribution in [0.15, 0.2) is 30.5 Å². The number of hydrogen-bond donors (Lipinski definition) is 5. The minimum atomic E-state index is -1.24. The number of nitrogens with one attached hydrogen (secondary N) is 1. The number of aliphatic carboxylic acids is 1. The highest BCUT2D eigenvalue weighted by molar-refractivity contribution is 5.97. The Morgan fingerprint density at radius 1 is 1.12 bits per heavy atom. The van der Waals surface area contributed by atoms with Crippen molar-refractivity contribution in [1.82, 2.24) is 25.3 Å². The number of hydrogen-bond acceptors (Lipinski definition) is 10. The number of primary amides is 1. The molecule has 0 saturated heterocycles. The number of nitrogens with zero attached hydrogens (tertiary/aromatic N) is 5. The molecule has 0 aliphatic carbocycles. The van der Waals surface area contributed by atoms with E-state index in [1.807, 2.05) is 11.9 Å². The SMILES string of the molecule is CN(Cc1cnc2nc(N)nc(N)c2n1)c1ccc(C(=O)NC(CCC(N)=O)C(=O)O)cc1. The van der Waals surface area contributed by atoms with Crippen LogP contribution in [0.5, 0.6) is 0 Å². The highest BCUT2D eigenvalue weighted by Crippen LogP contribution is 2.19. The van der Waals surface area contributed by atoms with Gasteiger partial charge in [-0.3, -0.25) is 9.59 Å². The van der Waals surface area contributed by atoms with Crippen LogP contribution in [0.4, 0.5) is 17.5 Å². The number of anilines is 3. The maximum absolute atomic E-state index is 12.4. The summed E-state index contributed by atoms with van der Waals surface area (Å²) < 4.78 is 0. The normalized spacial score (nSPS) is 11.7. The molecular formula is C20H23N9O4. The van der Waals surface area contributed by atoms with Gasteiger partial charge in [0.25, 0.3) is 5.91 Å². The Balaban J connectivity index is 1.67. The monoisotopic (exact) mass is 453 g/mol. The summed E-state index contributed by atoms with van der Waals surface area (Å²) >= 11 is 0. The summed E-state index contributed by atoms with van der Waals surface area (Å²) in [6.07, 6.45) is 1.32. The molecule has 0 radical (unpaired) electrons. The Morgan fingerprint density at radius 3 is 2.45 bits per heavy atom. The Hall–Kier alpha value is -4.55. The zero-order valence-electron chi connectivity index (χ0n) is 17.7. The smallest absolute Gasteiger partial charge is 0.326 e. The molecule has 2 heterocycles. The number of benzene rings is 1. The molecule has 3 aromatic rings. The molecule has 0 spiro atoms. The Morgan fingerprint density at radius 2 is 1.82 bits per heavy atom. The van der Waals surface area contributed by atoms with Crippen LogP contribution in [0, 0.1) is 0 Å². The van der Waals surface area contributed by atoms with Gasteiger partial charge in [-0.25, -0.2) is 14.8 Å². The van der Waals surface area contributed by atoms with Crippen LogP contribution in [0.2, 0.25) is 0 Å². The van der Waals surface area contributed by atoms with Crippen molar-refractivity contribution in [2.45, 2.75) is 25.4 Å². The zero-order valence-corrected chi connectivity index (χ0v) is 17.7. The molecule has 33 heavy (non-hydrogen) atoms. The molecule has 0 fully saturated rings. The summed E-state index contributed by atoms with van der Waals surface area (Å²) in [5.41, 5.74) is 18.8. The highest BCUT2D eigenvalue weighted by atomic mass is 16.4. The van der Waals surface area contributed by atoms with E-state index in [4.69, 9.17) is 17.2 Å². The number of aromatic nitrogens is 4. The number of nitrogen functional groups attached to an aromatic ring is 2. The third-order valence-corrected chi connectivity index (χ3v) is 4.75. The van der Waals surface area contributed by atoms with Crippen LogP contribution in [0.25, 0.3) is 11.2 Å². The van der Waals surface area contributed by atoms with Gasteiger partial charge < -0.3 is 32.5 Å². The van der Waals surface area contributed by atoms with Crippen LogP contribution in [-0.4, -0.2) is 55.9 Å². The molecule has 1 unspecified atom stereocenters. The number of carboxylic acid groups (broad SMARTS) is 1. The number of fused-ring (bicyclic) bond motifs is 1. The van der Waals surface area contributed by atoms with E-state index in [2.05, 4.69) is 25.3 Å². The van der Waals surface area contributed by atoms with E-state index in [9.17, 15) is 19.5 Å². The maximum Gasteiger partial charge on any atom is 0.326 e. The van der Waals surface area contributed by atoms with Gasteiger partial charge in [-0.15, -0.1) is 0 Å².